The minimum atomic E-state index is -4.67. The molecule has 3 amide bonds. The van der Waals surface area contributed by atoms with Crippen LogP contribution < -0.4 is 10.2 Å². The highest BCUT2D eigenvalue weighted by Crippen LogP contribution is 2.36. The molecule has 2 fully saturated rings. The molecule has 1 aromatic rings. The first-order valence-electron chi connectivity index (χ1n) is 10.4. The molecule has 176 valence electrons. The van der Waals surface area contributed by atoms with Crippen molar-refractivity contribution in [3.8, 4) is 0 Å². The number of hydrogen-bond acceptors (Lipinski definition) is 6. The number of alkyl halides is 3. The number of imide groups is 1. The number of unbranched alkanes of at least 4 members (excludes halogenated alkanes) is 1. The Kier molecular flexibility index (Phi) is 6.63. The lowest BCUT2D eigenvalue weighted by Gasteiger charge is -2.37. The quantitative estimate of drug-likeness (QED) is 0.384. The van der Waals surface area contributed by atoms with E-state index in [0.29, 0.717) is 38.7 Å². The molecule has 2 aliphatic heterocycles. The summed E-state index contributed by atoms with van der Waals surface area (Å²) >= 11 is 0. The molecule has 32 heavy (non-hydrogen) atoms. The fourth-order valence-corrected chi connectivity index (χ4v) is 4.02. The smallest absolute Gasteiger partial charge is 0.363 e. The first kappa shape index (κ1) is 23.8. The van der Waals surface area contributed by atoms with Gasteiger partial charge >= 0.3 is 12.2 Å². The van der Waals surface area contributed by atoms with E-state index < -0.39 is 33.9 Å². The van der Waals surface area contributed by atoms with Crippen LogP contribution in [0.1, 0.15) is 38.7 Å². The van der Waals surface area contributed by atoms with Crippen molar-refractivity contribution in [1.82, 2.24) is 15.1 Å². The van der Waals surface area contributed by atoms with Crippen LogP contribution in [-0.4, -0.2) is 65.0 Å². The zero-order valence-corrected chi connectivity index (χ0v) is 17.9. The zero-order valence-electron chi connectivity index (χ0n) is 17.9. The number of halogens is 3. The number of nitrogens with zero attached hydrogens (tertiary/aromatic N) is 4. The third-order valence-corrected chi connectivity index (χ3v) is 5.93. The molecule has 3 rings (SSSR count). The van der Waals surface area contributed by atoms with Gasteiger partial charge in [-0.1, -0.05) is 19.8 Å². The van der Waals surface area contributed by atoms with Crippen molar-refractivity contribution < 1.29 is 27.7 Å². The van der Waals surface area contributed by atoms with Crippen molar-refractivity contribution in [2.75, 3.05) is 37.7 Å². The van der Waals surface area contributed by atoms with Crippen LogP contribution in [0.3, 0.4) is 0 Å². The highest BCUT2D eigenvalue weighted by Gasteiger charge is 2.47. The number of carbonyl (C=O) groups excluding carboxylic acids is 2. The Hall–Kier alpha value is -2.89. The summed E-state index contributed by atoms with van der Waals surface area (Å²) in [6.45, 7) is 5.20. The van der Waals surface area contributed by atoms with Gasteiger partial charge in [0.05, 0.1) is 17.2 Å². The van der Waals surface area contributed by atoms with Gasteiger partial charge in [0, 0.05) is 32.2 Å². The van der Waals surface area contributed by atoms with Crippen LogP contribution in [0.2, 0.25) is 0 Å². The van der Waals surface area contributed by atoms with Crippen molar-refractivity contribution >= 4 is 23.3 Å². The second-order valence-corrected chi connectivity index (χ2v) is 8.30. The summed E-state index contributed by atoms with van der Waals surface area (Å²) in [5.41, 5.74) is -2.48. The number of anilines is 1. The largest absolute Gasteiger partial charge is 0.416 e. The van der Waals surface area contributed by atoms with Gasteiger partial charge in [-0.2, -0.15) is 13.2 Å². The molecule has 0 saturated carbocycles. The standard InChI is InChI=1S/C20H26F3N5O4/c1-3-4-7-19(2)17(29)27(18(30)24-19)13-25-8-10-26(11-9-25)15-6-5-14(20(21,22)23)12-16(15)28(31)32/h5-6,12H,3-4,7-11,13H2,1-2H3,(H,24,30). The Balaban J connectivity index is 1.65. The zero-order chi connectivity index (χ0) is 23.7. The van der Waals surface area contributed by atoms with Gasteiger partial charge in [0.25, 0.3) is 11.6 Å². The first-order valence-corrected chi connectivity index (χ1v) is 10.4. The van der Waals surface area contributed by atoms with Gasteiger partial charge in [0.15, 0.2) is 0 Å². The molecule has 1 unspecified atom stereocenters. The Morgan fingerprint density at radius 2 is 1.84 bits per heavy atom. The number of piperazine rings is 1. The van der Waals surface area contributed by atoms with Gasteiger partial charge in [-0.3, -0.25) is 19.8 Å². The molecule has 12 heteroatoms. The average Bonchev–Trinajstić information content (AvgIpc) is 2.95. The molecular formula is C20H26F3N5O4. The molecule has 0 radical (unpaired) electrons. The Morgan fingerprint density at radius 3 is 2.41 bits per heavy atom. The Bertz CT molecular complexity index is 902. The number of nitro groups is 1. The number of rotatable bonds is 7. The second kappa shape index (κ2) is 8.93. The van der Waals surface area contributed by atoms with Gasteiger partial charge in [0.2, 0.25) is 0 Å². The van der Waals surface area contributed by atoms with E-state index in [1.54, 1.807) is 11.8 Å². The van der Waals surface area contributed by atoms with E-state index in [1.807, 2.05) is 11.8 Å². The minimum Gasteiger partial charge on any atom is -0.363 e. The fraction of sp³-hybridized carbons (Fsp3) is 0.600. The van der Waals surface area contributed by atoms with Crippen molar-refractivity contribution in [2.24, 2.45) is 0 Å². The van der Waals surface area contributed by atoms with E-state index in [9.17, 15) is 32.9 Å². The van der Waals surface area contributed by atoms with E-state index in [0.717, 1.165) is 25.0 Å². The summed E-state index contributed by atoms with van der Waals surface area (Å²) in [5.74, 6) is -0.281. The predicted molar refractivity (Wildman–Crippen MR) is 110 cm³/mol. The lowest BCUT2D eigenvalue weighted by Crippen LogP contribution is -2.52. The van der Waals surface area contributed by atoms with Gasteiger partial charge in [-0.15, -0.1) is 0 Å². The van der Waals surface area contributed by atoms with Crippen molar-refractivity contribution in [2.45, 2.75) is 44.8 Å². The molecule has 9 nitrogen and oxygen atoms in total. The lowest BCUT2D eigenvalue weighted by atomic mass is 9.95. The molecule has 0 aromatic heterocycles. The maximum atomic E-state index is 12.9. The average molecular weight is 457 g/mol. The molecule has 0 spiro atoms. The van der Waals surface area contributed by atoms with Gasteiger partial charge in [-0.05, 0) is 25.5 Å². The molecule has 0 aliphatic carbocycles. The monoisotopic (exact) mass is 457 g/mol. The Morgan fingerprint density at radius 1 is 1.19 bits per heavy atom. The number of amides is 3. The van der Waals surface area contributed by atoms with Crippen LogP contribution in [0, 0.1) is 10.1 Å². The minimum absolute atomic E-state index is 0.0926. The summed E-state index contributed by atoms with van der Waals surface area (Å²) < 4.78 is 38.8. The van der Waals surface area contributed by atoms with Crippen LogP contribution in [0.4, 0.5) is 29.3 Å². The number of benzene rings is 1. The first-order chi connectivity index (χ1) is 15.0. The SMILES string of the molecule is CCCCC1(C)NC(=O)N(CN2CCN(c3ccc(C(F)(F)F)cc3[N+](=O)[O-])CC2)C1=O. The summed E-state index contributed by atoms with van der Waals surface area (Å²) in [4.78, 5) is 40.3. The molecule has 1 aromatic carbocycles. The number of nitrogens with one attached hydrogen (secondary N) is 1. The van der Waals surface area contributed by atoms with Crippen LogP contribution >= 0.6 is 0 Å². The van der Waals surface area contributed by atoms with Crippen molar-refractivity contribution in [1.29, 1.82) is 0 Å². The van der Waals surface area contributed by atoms with Crippen LogP contribution in [-0.2, 0) is 11.0 Å². The van der Waals surface area contributed by atoms with E-state index in [4.69, 9.17) is 0 Å². The summed E-state index contributed by atoms with van der Waals surface area (Å²) in [5, 5.41) is 14.1. The molecule has 2 saturated heterocycles. The van der Waals surface area contributed by atoms with Gasteiger partial charge < -0.3 is 10.2 Å². The number of nitro benzene ring substituents is 1. The maximum Gasteiger partial charge on any atom is 0.416 e. The summed E-state index contributed by atoms with van der Waals surface area (Å²) in [7, 11) is 0. The van der Waals surface area contributed by atoms with Crippen LogP contribution in [0.5, 0.6) is 0 Å². The predicted octanol–water partition coefficient (Wildman–Crippen LogP) is 3.19. The van der Waals surface area contributed by atoms with Crippen LogP contribution in [0.25, 0.3) is 0 Å². The van der Waals surface area contributed by atoms with Gasteiger partial charge in [0.1, 0.15) is 11.2 Å². The Labute approximate surface area is 183 Å². The topological polar surface area (TPSA) is 99.0 Å². The number of hydrogen-bond donors (Lipinski definition) is 1. The van der Waals surface area contributed by atoms with E-state index in [2.05, 4.69) is 5.32 Å². The molecule has 2 aliphatic rings. The number of urea groups is 1. The van der Waals surface area contributed by atoms with E-state index in [-0.39, 0.29) is 18.3 Å². The molecule has 1 N–H and O–H groups in total. The van der Waals surface area contributed by atoms with Crippen molar-refractivity contribution in [3.05, 3.63) is 33.9 Å². The molecule has 1 atom stereocenters. The van der Waals surface area contributed by atoms with Crippen molar-refractivity contribution in [3.63, 3.8) is 0 Å². The molecular weight excluding hydrogens is 431 g/mol. The lowest BCUT2D eigenvalue weighted by molar-refractivity contribution is -0.384. The number of carbonyl (C=O) groups is 2. The highest BCUT2D eigenvalue weighted by atomic mass is 19.4. The maximum absolute atomic E-state index is 12.9. The summed E-state index contributed by atoms with van der Waals surface area (Å²) in [6.07, 6.45) is -2.41. The highest BCUT2D eigenvalue weighted by molar-refractivity contribution is 6.06. The third kappa shape index (κ3) is 4.79. The van der Waals surface area contributed by atoms with E-state index >= 15 is 0 Å². The fourth-order valence-electron chi connectivity index (χ4n) is 4.02. The van der Waals surface area contributed by atoms with E-state index in [1.165, 1.54) is 4.90 Å². The third-order valence-electron chi connectivity index (χ3n) is 5.93. The molecule has 2 heterocycles. The van der Waals surface area contributed by atoms with Crippen LogP contribution in [0.15, 0.2) is 18.2 Å². The normalized spacial score (nSPS) is 22.4. The second-order valence-electron chi connectivity index (χ2n) is 8.30. The van der Waals surface area contributed by atoms with Gasteiger partial charge in [-0.25, -0.2) is 9.69 Å². The molecule has 0 bridgehead atoms. The summed E-state index contributed by atoms with van der Waals surface area (Å²) in [6, 6.07) is 2.05.